The summed E-state index contributed by atoms with van der Waals surface area (Å²) in [7, 11) is 0. The monoisotopic (exact) mass is 535 g/mol. The molecule has 39 heavy (non-hydrogen) atoms. The zero-order chi connectivity index (χ0) is 28.3. The van der Waals surface area contributed by atoms with E-state index in [-0.39, 0.29) is 5.70 Å². The Morgan fingerprint density at radius 2 is 1.79 bits per heavy atom. The number of allylic oxidation sites excluding steroid dienone is 1. The molecule has 6 nitrogen and oxygen atoms in total. The number of Topliss-reactive ketones (excluding diaryl/α,β-unsaturated/α-hetero) is 1. The molecule has 1 N–H and O–H groups in total. The average molecular weight is 536 g/mol. The number of hydrogen-bond donors (Lipinski definition) is 1. The number of esters is 1. The van der Waals surface area contributed by atoms with Gasteiger partial charge < -0.3 is 9.47 Å². The van der Waals surface area contributed by atoms with Crippen molar-refractivity contribution in [2.45, 2.75) is 105 Å². The SMILES string of the molecule is CC(=O)/C(=C/C(=O)Oc1ccc2c(c1)CC[C@@H]1[C@@H]2CC[C@]2(C)[C@H]3CC(C)(C)C[C@@H]3C[C@@H]12)NC(=O)OC(C)(C)C. The van der Waals surface area contributed by atoms with Crippen molar-refractivity contribution >= 4 is 17.8 Å². The van der Waals surface area contributed by atoms with E-state index in [2.05, 4.69) is 32.2 Å². The molecular weight excluding hydrogens is 490 g/mol. The molecule has 3 saturated carbocycles. The van der Waals surface area contributed by atoms with E-state index in [1.807, 2.05) is 12.1 Å². The van der Waals surface area contributed by atoms with Crippen LogP contribution in [0.2, 0.25) is 0 Å². The van der Waals surface area contributed by atoms with Crippen LogP contribution in [0.3, 0.4) is 0 Å². The summed E-state index contributed by atoms with van der Waals surface area (Å²) in [6.45, 7) is 14.0. The highest BCUT2D eigenvalue weighted by atomic mass is 16.6. The van der Waals surface area contributed by atoms with Gasteiger partial charge in [-0.1, -0.05) is 26.8 Å². The maximum absolute atomic E-state index is 12.6. The number of hydrogen-bond acceptors (Lipinski definition) is 5. The molecule has 0 saturated heterocycles. The summed E-state index contributed by atoms with van der Waals surface area (Å²) in [5, 5.41) is 2.36. The van der Waals surface area contributed by atoms with E-state index in [0.717, 1.165) is 36.2 Å². The zero-order valence-electron chi connectivity index (χ0n) is 24.7. The van der Waals surface area contributed by atoms with E-state index in [0.29, 0.717) is 22.5 Å². The lowest BCUT2D eigenvalue weighted by molar-refractivity contribution is -0.129. The Kier molecular flexibility index (Phi) is 7.00. The topological polar surface area (TPSA) is 81.7 Å². The van der Waals surface area contributed by atoms with Crippen molar-refractivity contribution in [2.24, 2.45) is 34.5 Å². The fraction of sp³-hybridized carbons (Fsp3) is 0.667. The Morgan fingerprint density at radius 3 is 2.49 bits per heavy atom. The van der Waals surface area contributed by atoms with Crippen molar-refractivity contribution in [1.82, 2.24) is 5.32 Å². The van der Waals surface area contributed by atoms with Gasteiger partial charge in [0.2, 0.25) is 0 Å². The molecule has 6 heteroatoms. The van der Waals surface area contributed by atoms with Crippen LogP contribution in [0.15, 0.2) is 30.0 Å². The predicted molar refractivity (Wildman–Crippen MR) is 150 cm³/mol. The number of carbonyl (C=O) groups excluding carboxylic acids is 3. The van der Waals surface area contributed by atoms with Gasteiger partial charge in [0.15, 0.2) is 5.78 Å². The zero-order valence-corrected chi connectivity index (χ0v) is 24.7. The van der Waals surface area contributed by atoms with Crippen molar-refractivity contribution in [3.05, 3.63) is 41.1 Å². The number of amides is 1. The number of nitrogens with one attached hydrogen (secondary N) is 1. The van der Waals surface area contributed by atoms with E-state index in [4.69, 9.17) is 9.47 Å². The Hall–Kier alpha value is -2.63. The van der Waals surface area contributed by atoms with Gasteiger partial charge in [0.25, 0.3) is 0 Å². The van der Waals surface area contributed by atoms with Gasteiger partial charge in [-0.15, -0.1) is 0 Å². The van der Waals surface area contributed by atoms with Crippen molar-refractivity contribution in [2.75, 3.05) is 0 Å². The Bertz CT molecular complexity index is 1210. The molecule has 0 aliphatic heterocycles. The van der Waals surface area contributed by atoms with Crippen LogP contribution >= 0.6 is 0 Å². The second-order valence-corrected chi connectivity index (χ2v) is 14.7. The van der Waals surface area contributed by atoms with Crippen molar-refractivity contribution in [1.29, 1.82) is 0 Å². The van der Waals surface area contributed by atoms with Crippen LogP contribution in [0.25, 0.3) is 0 Å². The minimum Gasteiger partial charge on any atom is -0.444 e. The molecule has 3 fully saturated rings. The molecule has 6 atom stereocenters. The van der Waals surface area contributed by atoms with E-state index in [1.54, 1.807) is 20.8 Å². The first-order chi connectivity index (χ1) is 18.1. The van der Waals surface area contributed by atoms with E-state index < -0.39 is 23.4 Å². The normalized spacial score (nSPS) is 32.8. The van der Waals surface area contributed by atoms with Crippen LogP contribution in [-0.2, 0) is 20.7 Å². The Morgan fingerprint density at radius 1 is 1.05 bits per heavy atom. The van der Waals surface area contributed by atoms with Crippen molar-refractivity contribution in [3.63, 3.8) is 0 Å². The fourth-order valence-corrected chi connectivity index (χ4v) is 8.82. The second kappa shape index (κ2) is 9.78. The molecule has 0 bridgehead atoms. The number of rotatable bonds is 4. The minimum absolute atomic E-state index is 0.162. The summed E-state index contributed by atoms with van der Waals surface area (Å²) in [4.78, 5) is 36.7. The minimum atomic E-state index is -0.793. The number of aryl methyl sites for hydroxylation is 1. The highest BCUT2D eigenvalue weighted by molar-refractivity contribution is 6.01. The van der Waals surface area contributed by atoms with Gasteiger partial charge in [-0.25, -0.2) is 9.59 Å². The second-order valence-electron chi connectivity index (χ2n) is 14.7. The largest absolute Gasteiger partial charge is 0.444 e. The highest BCUT2D eigenvalue weighted by Crippen LogP contribution is 2.70. The summed E-state index contributed by atoms with van der Waals surface area (Å²) in [5.74, 6) is 3.24. The van der Waals surface area contributed by atoms with Gasteiger partial charge in [-0.3, -0.25) is 10.1 Å². The Labute approximate surface area is 233 Å². The van der Waals surface area contributed by atoms with Crippen LogP contribution in [0.1, 0.15) is 104 Å². The van der Waals surface area contributed by atoms with Crippen LogP contribution in [0.5, 0.6) is 5.75 Å². The molecular formula is C33H45NO5. The van der Waals surface area contributed by atoms with Crippen molar-refractivity contribution in [3.8, 4) is 5.75 Å². The summed E-state index contributed by atoms with van der Waals surface area (Å²) in [6.07, 6.45) is 9.17. The lowest BCUT2D eigenvalue weighted by Crippen LogP contribution is -2.42. The molecule has 0 unspecified atom stereocenters. The maximum Gasteiger partial charge on any atom is 0.412 e. The van der Waals surface area contributed by atoms with Crippen LogP contribution in [0.4, 0.5) is 4.79 Å². The van der Waals surface area contributed by atoms with Gasteiger partial charge in [-0.2, -0.15) is 0 Å². The molecule has 0 radical (unpaired) electrons. The van der Waals surface area contributed by atoms with E-state index >= 15 is 0 Å². The van der Waals surface area contributed by atoms with E-state index in [1.165, 1.54) is 56.6 Å². The molecule has 1 aromatic carbocycles. The molecule has 0 spiro atoms. The van der Waals surface area contributed by atoms with Gasteiger partial charge >= 0.3 is 12.1 Å². The number of ketones is 1. The number of ether oxygens (including phenoxy) is 2. The van der Waals surface area contributed by atoms with Crippen LogP contribution in [0, 0.1) is 34.5 Å². The number of benzene rings is 1. The van der Waals surface area contributed by atoms with Gasteiger partial charge in [0.1, 0.15) is 11.4 Å². The average Bonchev–Trinajstić information content (AvgIpc) is 3.26. The molecule has 5 rings (SSSR count). The van der Waals surface area contributed by atoms with Gasteiger partial charge in [0, 0.05) is 6.92 Å². The third-order valence-electron chi connectivity index (χ3n) is 10.2. The Balaban J connectivity index is 1.27. The molecule has 212 valence electrons. The third-order valence-corrected chi connectivity index (χ3v) is 10.2. The summed E-state index contributed by atoms with van der Waals surface area (Å²) >= 11 is 0. The quantitative estimate of drug-likeness (QED) is 0.252. The molecule has 0 aromatic heterocycles. The smallest absolute Gasteiger partial charge is 0.412 e. The lowest BCUT2D eigenvalue weighted by Gasteiger charge is -2.51. The molecule has 1 aromatic rings. The highest BCUT2D eigenvalue weighted by Gasteiger charge is 2.61. The lowest BCUT2D eigenvalue weighted by atomic mass is 9.53. The number of carbonyl (C=O) groups is 3. The first-order valence-electron chi connectivity index (χ1n) is 14.7. The first-order valence-corrected chi connectivity index (χ1v) is 14.7. The number of fused-ring (bicyclic) bond motifs is 7. The summed E-state index contributed by atoms with van der Waals surface area (Å²) in [5.41, 5.74) is 2.80. The fourth-order valence-electron chi connectivity index (χ4n) is 8.82. The molecule has 4 aliphatic rings. The number of alkyl carbamates (subject to hydrolysis) is 1. The first kappa shape index (κ1) is 27.9. The third kappa shape index (κ3) is 5.53. The van der Waals surface area contributed by atoms with Crippen LogP contribution < -0.4 is 10.1 Å². The molecule has 4 aliphatic carbocycles. The maximum atomic E-state index is 12.6. The molecule has 0 heterocycles. The standard InChI is InChI=1S/C33H45NO5/c1-19(35)28(34-30(37)39-31(2,3)4)16-29(36)38-22-9-11-23-20(14-22)8-10-25-24(23)12-13-33(7)26(25)15-21-17-32(5,6)18-27(21)33/h9,11,14,16,21,24-27H,8,10,12-13,15,17-18H2,1-7H3,(H,34,37)/b28-16-/t21-,24+,25+,26-,27-,33-/m0/s1. The summed E-state index contributed by atoms with van der Waals surface area (Å²) in [6, 6.07) is 6.03. The molecule has 1 amide bonds. The van der Waals surface area contributed by atoms with Gasteiger partial charge in [-0.05, 0) is 129 Å². The van der Waals surface area contributed by atoms with Crippen molar-refractivity contribution < 1.29 is 23.9 Å². The van der Waals surface area contributed by atoms with E-state index in [9.17, 15) is 14.4 Å². The summed E-state index contributed by atoms with van der Waals surface area (Å²) < 4.78 is 10.8. The van der Waals surface area contributed by atoms with Gasteiger partial charge in [0.05, 0.1) is 11.8 Å². The van der Waals surface area contributed by atoms with Crippen LogP contribution in [-0.4, -0.2) is 23.4 Å². The predicted octanol–water partition coefficient (Wildman–Crippen LogP) is 7.11.